The van der Waals surface area contributed by atoms with Gasteiger partial charge >= 0.3 is 11.9 Å². The van der Waals surface area contributed by atoms with Gasteiger partial charge in [0.2, 0.25) is 0 Å². The van der Waals surface area contributed by atoms with Crippen molar-refractivity contribution in [1.82, 2.24) is 0 Å². The minimum absolute atomic E-state index is 0.314. The van der Waals surface area contributed by atoms with Crippen LogP contribution >= 0.6 is 0 Å². The second kappa shape index (κ2) is 5.76. The fourth-order valence-corrected chi connectivity index (χ4v) is 6.71. The molecule has 27 heavy (non-hydrogen) atoms. The first-order chi connectivity index (χ1) is 12.6. The molecule has 0 unspecified atom stereocenters. The number of hydrogen-bond acceptors (Lipinski definition) is 8. The van der Waals surface area contributed by atoms with Crippen molar-refractivity contribution in [3.63, 3.8) is 0 Å². The second-order valence-corrected chi connectivity index (χ2v) is 8.98. The van der Waals surface area contributed by atoms with Crippen molar-refractivity contribution in [2.75, 3.05) is 6.61 Å². The first-order valence-electron chi connectivity index (χ1n) is 9.31. The number of aliphatic hydroxyl groups is 4. The molecular weight excluding hydrogens is 356 g/mol. The number of hydrogen-bond donors (Lipinski definition) is 4. The van der Waals surface area contributed by atoms with Crippen molar-refractivity contribution in [1.29, 1.82) is 0 Å². The van der Waals surface area contributed by atoms with E-state index in [0.29, 0.717) is 12.0 Å². The molecule has 4 aliphatic rings. The minimum atomic E-state index is -1.50. The molecule has 4 rings (SSSR count). The van der Waals surface area contributed by atoms with E-state index in [0.717, 1.165) is 0 Å². The maximum absolute atomic E-state index is 12.3. The number of rotatable bonds is 2. The van der Waals surface area contributed by atoms with Crippen molar-refractivity contribution in [3.8, 4) is 0 Å². The third kappa shape index (κ3) is 2.18. The Balaban J connectivity index is 1.86. The van der Waals surface area contributed by atoms with E-state index in [2.05, 4.69) is 0 Å². The van der Waals surface area contributed by atoms with E-state index in [9.17, 15) is 30.0 Å². The van der Waals surface area contributed by atoms with Gasteiger partial charge in [-0.1, -0.05) is 13.8 Å². The van der Waals surface area contributed by atoms with Crippen LogP contribution < -0.4 is 0 Å². The molecule has 4 N–H and O–H groups in total. The molecule has 0 radical (unpaired) electrons. The zero-order chi connectivity index (χ0) is 19.9. The highest BCUT2D eigenvalue weighted by molar-refractivity contribution is 5.86. The summed E-state index contributed by atoms with van der Waals surface area (Å²) in [5.74, 6) is -3.51. The van der Waals surface area contributed by atoms with Crippen molar-refractivity contribution in [2.24, 2.45) is 28.6 Å². The van der Waals surface area contributed by atoms with Crippen molar-refractivity contribution in [2.45, 2.75) is 57.7 Å². The van der Waals surface area contributed by atoms with Gasteiger partial charge in [0.15, 0.2) is 6.10 Å². The number of cyclic esters (lactones) is 1. The maximum atomic E-state index is 12.3. The average Bonchev–Trinajstić information content (AvgIpc) is 3.05. The summed E-state index contributed by atoms with van der Waals surface area (Å²) in [6.07, 6.45) is -3.58. The molecule has 0 aromatic rings. The largest absolute Gasteiger partial charge is 0.460 e. The Kier molecular flexibility index (Phi) is 4.03. The van der Waals surface area contributed by atoms with Crippen molar-refractivity contribution in [3.05, 3.63) is 11.6 Å². The van der Waals surface area contributed by atoms with E-state index in [1.807, 2.05) is 13.8 Å². The molecule has 1 saturated heterocycles. The molecule has 8 nitrogen and oxygen atoms in total. The highest BCUT2D eigenvalue weighted by Gasteiger charge is 2.75. The van der Waals surface area contributed by atoms with Crippen LogP contribution in [0.4, 0.5) is 0 Å². The Morgan fingerprint density at radius 3 is 2.37 bits per heavy atom. The van der Waals surface area contributed by atoms with Gasteiger partial charge in [0.1, 0.15) is 12.2 Å². The lowest BCUT2D eigenvalue weighted by molar-refractivity contribution is -0.250. The third-order valence-electron chi connectivity index (χ3n) is 7.65. The summed E-state index contributed by atoms with van der Waals surface area (Å²) < 4.78 is 11.0. The molecule has 10 atom stereocenters. The molecule has 8 heteroatoms. The highest BCUT2D eigenvalue weighted by atomic mass is 16.6. The Morgan fingerprint density at radius 2 is 1.81 bits per heavy atom. The summed E-state index contributed by atoms with van der Waals surface area (Å²) >= 11 is 0. The summed E-state index contributed by atoms with van der Waals surface area (Å²) in [4.78, 5) is 24.1. The molecule has 0 spiro atoms. The van der Waals surface area contributed by atoms with E-state index in [4.69, 9.17) is 9.47 Å². The fraction of sp³-hybridized carbons (Fsp3) is 0.789. The van der Waals surface area contributed by atoms with Crippen LogP contribution in [0.15, 0.2) is 11.6 Å². The lowest BCUT2D eigenvalue weighted by Gasteiger charge is -2.58. The zero-order valence-corrected chi connectivity index (χ0v) is 15.5. The molecule has 0 aromatic carbocycles. The molecule has 2 saturated carbocycles. The van der Waals surface area contributed by atoms with Gasteiger partial charge in [-0.2, -0.15) is 0 Å². The Bertz CT molecular complexity index is 718. The van der Waals surface area contributed by atoms with E-state index < -0.39 is 77.6 Å². The molecule has 0 aromatic heterocycles. The predicted molar refractivity (Wildman–Crippen MR) is 89.9 cm³/mol. The topological polar surface area (TPSA) is 134 Å². The van der Waals surface area contributed by atoms with Crippen LogP contribution in [0.5, 0.6) is 0 Å². The second-order valence-electron chi connectivity index (χ2n) is 8.98. The number of aliphatic hydroxyl groups excluding tert-OH is 4. The van der Waals surface area contributed by atoms with Gasteiger partial charge in [0.05, 0.1) is 12.2 Å². The Morgan fingerprint density at radius 1 is 1.15 bits per heavy atom. The lowest BCUT2D eigenvalue weighted by atomic mass is 9.50. The SMILES string of the molecule is CC1=CC(=O)O[C@@H]1[C@@]1(C)C[C@H]2OC(=O)[C@H](O)[C@H]3[C@@H](CO)[C@@H](O)[C@H](O)[C@H]1[C@]32C. The predicted octanol–water partition coefficient (Wildman–Crippen LogP) is -0.863. The van der Waals surface area contributed by atoms with E-state index in [1.54, 1.807) is 6.92 Å². The van der Waals surface area contributed by atoms with Crippen LogP contribution in [-0.2, 0) is 19.1 Å². The summed E-state index contributed by atoms with van der Waals surface area (Å²) in [6, 6.07) is 0. The first kappa shape index (κ1) is 18.9. The summed E-state index contributed by atoms with van der Waals surface area (Å²) in [5.41, 5.74) is -0.988. The van der Waals surface area contributed by atoms with Crippen molar-refractivity contribution < 1.29 is 39.5 Å². The summed E-state index contributed by atoms with van der Waals surface area (Å²) in [7, 11) is 0. The molecule has 2 heterocycles. The maximum Gasteiger partial charge on any atom is 0.335 e. The van der Waals surface area contributed by atoms with Gasteiger partial charge in [-0.15, -0.1) is 0 Å². The van der Waals surface area contributed by atoms with E-state index in [-0.39, 0.29) is 0 Å². The molecule has 3 fully saturated rings. The van der Waals surface area contributed by atoms with Crippen LogP contribution in [0, 0.1) is 28.6 Å². The normalized spacial score (nSPS) is 54.3. The third-order valence-corrected chi connectivity index (χ3v) is 7.65. The zero-order valence-electron chi connectivity index (χ0n) is 15.5. The molecule has 2 aliphatic heterocycles. The smallest absolute Gasteiger partial charge is 0.335 e. The molecule has 2 aliphatic carbocycles. The van der Waals surface area contributed by atoms with Gasteiger partial charge in [-0.3, -0.25) is 0 Å². The number of esters is 2. The van der Waals surface area contributed by atoms with Gasteiger partial charge < -0.3 is 29.9 Å². The average molecular weight is 382 g/mol. The van der Waals surface area contributed by atoms with Crippen LogP contribution in [0.25, 0.3) is 0 Å². The number of ether oxygens (including phenoxy) is 2. The molecular formula is C19H26O8. The standard InChI is InChI=1S/C19H26O8/c1-7-4-10(21)27-16(7)18(2)5-9-19(3)11(13(23)17(25)26-9)8(6-20)12(22)14(24)15(18)19/h4,8-9,11-16,20,22-24H,5-6H2,1-3H3/t8-,9-,11-,12-,13-,14+,15-,16+,18+,19+/m1/s1. The number of carbonyl (C=O) groups excluding carboxylic acids is 2. The minimum Gasteiger partial charge on any atom is -0.460 e. The molecule has 0 amide bonds. The van der Waals surface area contributed by atoms with Crippen LogP contribution in [-0.4, -0.2) is 69.5 Å². The Hall–Kier alpha value is -1.48. The fourth-order valence-electron chi connectivity index (χ4n) is 6.71. The summed E-state index contributed by atoms with van der Waals surface area (Å²) in [5, 5.41) is 42.1. The van der Waals surface area contributed by atoms with E-state index >= 15 is 0 Å². The molecule has 0 bridgehead atoms. The van der Waals surface area contributed by atoms with Gasteiger partial charge in [0.25, 0.3) is 0 Å². The monoisotopic (exact) mass is 382 g/mol. The lowest BCUT2D eigenvalue weighted by Crippen LogP contribution is -2.68. The quantitative estimate of drug-likeness (QED) is 0.453. The molecule has 150 valence electrons. The van der Waals surface area contributed by atoms with Crippen LogP contribution in [0.2, 0.25) is 0 Å². The van der Waals surface area contributed by atoms with Crippen LogP contribution in [0.1, 0.15) is 27.2 Å². The highest BCUT2D eigenvalue weighted by Crippen LogP contribution is 2.68. The number of carbonyl (C=O) groups is 2. The van der Waals surface area contributed by atoms with Crippen LogP contribution in [0.3, 0.4) is 0 Å². The van der Waals surface area contributed by atoms with Crippen molar-refractivity contribution >= 4 is 11.9 Å². The first-order valence-corrected chi connectivity index (χ1v) is 9.31. The van der Waals surface area contributed by atoms with E-state index in [1.165, 1.54) is 6.08 Å². The van der Waals surface area contributed by atoms with Gasteiger partial charge in [0, 0.05) is 41.3 Å². The van der Waals surface area contributed by atoms with Gasteiger partial charge in [-0.25, -0.2) is 9.59 Å². The van der Waals surface area contributed by atoms with Gasteiger partial charge in [-0.05, 0) is 18.9 Å². The summed E-state index contributed by atoms with van der Waals surface area (Å²) in [6.45, 7) is 4.97. The Labute approximate surface area is 156 Å².